The average molecular weight is 159 g/mol. The zero-order chi connectivity index (χ0) is 7.61. The molecule has 0 aromatic rings. The van der Waals surface area contributed by atoms with Gasteiger partial charge < -0.3 is 5.73 Å². The van der Waals surface area contributed by atoms with E-state index in [4.69, 9.17) is 5.73 Å². The highest BCUT2D eigenvalue weighted by molar-refractivity contribution is 7.99. The number of hydrogen-bond acceptors (Lipinski definition) is 2. The Morgan fingerprint density at radius 1 is 1.50 bits per heavy atom. The molecule has 0 aliphatic heterocycles. The van der Waals surface area contributed by atoms with E-state index < -0.39 is 0 Å². The van der Waals surface area contributed by atoms with Crippen LogP contribution in [-0.4, -0.2) is 16.5 Å². The fourth-order valence-electron chi connectivity index (χ4n) is 0.908. The van der Waals surface area contributed by atoms with Crippen LogP contribution in [0.4, 0.5) is 0 Å². The molecule has 0 atom stereocenters. The molecule has 10 heavy (non-hydrogen) atoms. The second kappa shape index (κ2) is 3.14. The van der Waals surface area contributed by atoms with Crippen LogP contribution in [-0.2, 0) is 0 Å². The molecule has 0 heterocycles. The molecule has 1 nitrogen and oxygen atoms in total. The summed E-state index contributed by atoms with van der Waals surface area (Å²) in [5, 5.41) is 0.766. The summed E-state index contributed by atoms with van der Waals surface area (Å²) in [5.41, 5.74) is 6.19. The maximum Gasteiger partial charge on any atom is 0.0163 e. The highest BCUT2D eigenvalue weighted by Crippen LogP contribution is 2.36. The predicted octanol–water partition coefficient (Wildman–Crippen LogP) is 2.01. The lowest BCUT2D eigenvalue weighted by atomic mass is 10.2. The SMILES string of the molecule is CC(C)SCCC1(N)CC1. The van der Waals surface area contributed by atoms with Gasteiger partial charge in [-0.25, -0.2) is 0 Å². The van der Waals surface area contributed by atoms with Crippen molar-refractivity contribution in [1.82, 2.24) is 0 Å². The van der Waals surface area contributed by atoms with Gasteiger partial charge in [-0.3, -0.25) is 0 Å². The van der Waals surface area contributed by atoms with Crippen molar-refractivity contribution in [1.29, 1.82) is 0 Å². The van der Waals surface area contributed by atoms with E-state index in [1.807, 2.05) is 11.8 Å². The van der Waals surface area contributed by atoms with Gasteiger partial charge in [0.25, 0.3) is 0 Å². The minimum Gasteiger partial charge on any atom is -0.325 e. The quantitative estimate of drug-likeness (QED) is 0.679. The van der Waals surface area contributed by atoms with Gasteiger partial charge in [-0.1, -0.05) is 13.8 Å². The van der Waals surface area contributed by atoms with Crippen molar-refractivity contribution < 1.29 is 0 Å². The smallest absolute Gasteiger partial charge is 0.0163 e. The van der Waals surface area contributed by atoms with Gasteiger partial charge in [0.05, 0.1) is 0 Å². The van der Waals surface area contributed by atoms with Gasteiger partial charge in [0.1, 0.15) is 0 Å². The van der Waals surface area contributed by atoms with E-state index in [1.165, 1.54) is 25.0 Å². The first kappa shape index (κ1) is 8.41. The van der Waals surface area contributed by atoms with E-state index in [0.29, 0.717) is 0 Å². The fraction of sp³-hybridized carbons (Fsp3) is 1.00. The molecule has 0 spiro atoms. The van der Waals surface area contributed by atoms with Crippen LogP contribution >= 0.6 is 11.8 Å². The van der Waals surface area contributed by atoms with Crippen LogP contribution in [0, 0.1) is 0 Å². The van der Waals surface area contributed by atoms with Crippen LogP contribution in [0.3, 0.4) is 0 Å². The van der Waals surface area contributed by atoms with Gasteiger partial charge in [0.15, 0.2) is 0 Å². The molecule has 0 radical (unpaired) electrons. The zero-order valence-electron chi connectivity index (χ0n) is 6.89. The summed E-state index contributed by atoms with van der Waals surface area (Å²) in [6.45, 7) is 4.47. The monoisotopic (exact) mass is 159 g/mol. The van der Waals surface area contributed by atoms with E-state index in [9.17, 15) is 0 Å². The first-order chi connectivity index (χ1) is 4.62. The van der Waals surface area contributed by atoms with Crippen molar-refractivity contribution in [2.75, 3.05) is 5.75 Å². The maximum atomic E-state index is 5.92. The summed E-state index contributed by atoms with van der Waals surface area (Å²) in [6, 6.07) is 0. The van der Waals surface area contributed by atoms with Crippen molar-refractivity contribution in [2.45, 2.75) is 43.9 Å². The standard InChI is InChI=1S/C8H17NS/c1-7(2)10-6-5-8(9)3-4-8/h7H,3-6,9H2,1-2H3. The Hall–Kier alpha value is 0.310. The zero-order valence-corrected chi connectivity index (χ0v) is 7.71. The van der Waals surface area contributed by atoms with E-state index in [0.717, 1.165) is 5.25 Å². The lowest BCUT2D eigenvalue weighted by molar-refractivity contribution is 0.656. The van der Waals surface area contributed by atoms with Gasteiger partial charge in [-0.2, -0.15) is 11.8 Å². The van der Waals surface area contributed by atoms with E-state index in [2.05, 4.69) is 13.8 Å². The van der Waals surface area contributed by atoms with Crippen molar-refractivity contribution in [3.05, 3.63) is 0 Å². The van der Waals surface area contributed by atoms with Gasteiger partial charge in [0, 0.05) is 5.54 Å². The first-order valence-electron chi connectivity index (χ1n) is 4.03. The third-order valence-corrected chi connectivity index (χ3v) is 3.05. The molecule has 0 amide bonds. The molecular weight excluding hydrogens is 142 g/mol. The minimum atomic E-state index is 0.266. The topological polar surface area (TPSA) is 26.0 Å². The molecule has 1 fully saturated rings. The van der Waals surface area contributed by atoms with Crippen LogP contribution in [0.25, 0.3) is 0 Å². The summed E-state index contributed by atoms with van der Waals surface area (Å²) in [4.78, 5) is 0. The molecule has 0 bridgehead atoms. The molecule has 1 rings (SSSR count). The molecule has 0 saturated heterocycles. The van der Waals surface area contributed by atoms with Crippen LogP contribution in [0.1, 0.15) is 33.1 Å². The largest absolute Gasteiger partial charge is 0.325 e. The average Bonchev–Trinajstić information content (AvgIpc) is 2.47. The predicted molar refractivity (Wildman–Crippen MR) is 48.4 cm³/mol. The second-order valence-corrected chi connectivity index (χ2v) is 5.22. The summed E-state index contributed by atoms with van der Waals surface area (Å²) in [7, 11) is 0. The Kier molecular flexibility index (Phi) is 2.64. The molecule has 2 N–H and O–H groups in total. The van der Waals surface area contributed by atoms with E-state index >= 15 is 0 Å². The van der Waals surface area contributed by atoms with Crippen LogP contribution in [0.2, 0.25) is 0 Å². The third kappa shape index (κ3) is 2.93. The second-order valence-electron chi connectivity index (χ2n) is 3.53. The van der Waals surface area contributed by atoms with Crippen LogP contribution < -0.4 is 5.73 Å². The summed E-state index contributed by atoms with van der Waals surface area (Å²) >= 11 is 2.02. The first-order valence-corrected chi connectivity index (χ1v) is 5.08. The normalized spacial score (nSPS) is 21.6. The molecule has 60 valence electrons. The Morgan fingerprint density at radius 3 is 2.50 bits per heavy atom. The van der Waals surface area contributed by atoms with Gasteiger partial charge in [0.2, 0.25) is 0 Å². The van der Waals surface area contributed by atoms with Crippen LogP contribution in [0.5, 0.6) is 0 Å². The van der Waals surface area contributed by atoms with Crippen molar-refractivity contribution >= 4 is 11.8 Å². The van der Waals surface area contributed by atoms with Crippen molar-refractivity contribution in [3.63, 3.8) is 0 Å². The third-order valence-electron chi connectivity index (χ3n) is 1.94. The fourth-order valence-corrected chi connectivity index (χ4v) is 1.90. The van der Waals surface area contributed by atoms with Gasteiger partial charge in [-0.05, 0) is 30.3 Å². The lowest BCUT2D eigenvalue weighted by Crippen LogP contribution is -2.22. The highest BCUT2D eigenvalue weighted by Gasteiger charge is 2.37. The molecule has 1 aliphatic carbocycles. The highest BCUT2D eigenvalue weighted by atomic mass is 32.2. The molecule has 2 heteroatoms. The Morgan fingerprint density at radius 2 is 2.10 bits per heavy atom. The molecule has 1 saturated carbocycles. The molecular formula is C8H17NS. The van der Waals surface area contributed by atoms with Crippen LogP contribution in [0.15, 0.2) is 0 Å². The number of nitrogens with two attached hydrogens (primary N) is 1. The maximum absolute atomic E-state index is 5.92. The van der Waals surface area contributed by atoms with E-state index in [-0.39, 0.29) is 5.54 Å². The molecule has 1 aliphatic rings. The lowest BCUT2D eigenvalue weighted by Gasteiger charge is -2.08. The summed E-state index contributed by atoms with van der Waals surface area (Å²) < 4.78 is 0. The number of hydrogen-bond donors (Lipinski definition) is 1. The summed E-state index contributed by atoms with van der Waals surface area (Å²) in [6.07, 6.45) is 3.73. The molecule has 0 aromatic carbocycles. The minimum absolute atomic E-state index is 0.266. The summed E-state index contributed by atoms with van der Waals surface area (Å²) in [5.74, 6) is 1.24. The van der Waals surface area contributed by atoms with Crippen molar-refractivity contribution in [2.24, 2.45) is 5.73 Å². The van der Waals surface area contributed by atoms with Crippen molar-refractivity contribution in [3.8, 4) is 0 Å². The van der Waals surface area contributed by atoms with E-state index in [1.54, 1.807) is 0 Å². The van der Waals surface area contributed by atoms with Gasteiger partial charge in [-0.15, -0.1) is 0 Å². The Bertz CT molecular complexity index is 108. The molecule has 0 aromatic heterocycles. The Balaban J connectivity index is 1.95. The number of rotatable bonds is 4. The van der Waals surface area contributed by atoms with Gasteiger partial charge >= 0.3 is 0 Å². The number of thioether (sulfide) groups is 1. The molecule has 0 unspecified atom stereocenters. The Labute approximate surface area is 67.8 Å².